The second-order valence-electron chi connectivity index (χ2n) is 5.53. The molecule has 116 valence electrons. The first-order valence-corrected chi connectivity index (χ1v) is 7.57. The van der Waals surface area contributed by atoms with Gasteiger partial charge in [-0.1, -0.05) is 36.8 Å². The van der Waals surface area contributed by atoms with Gasteiger partial charge in [0.1, 0.15) is 5.75 Å². The minimum atomic E-state index is -0.0572. The summed E-state index contributed by atoms with van der Waals surface area (Å²) < 4.78 is 5.23. The first-order valence-electron chi connectivity index (χ1n) is 7.57. The molecule has 1 atom stereocenters. The first kappa shape index (κ1) is 16.1. The number of hydrogen-bond acceptors (Lipinski definition) is 2. The number of nitrogens with one attached hydrogen (secondary N) is 1. The lowest BCUT2D eigenvalue weighted by Gasteiger charge is -2.18. The number of ether oxygens (including phenoxy) is 1. The van der Waals surface area contributed by atoms with Crippen molar-refractivity contribution in [2.45, 2.75) is 33.2 Å². The molecule has 0 radical (unpaired) electrons. The molecule has 0 aliphatic carbocycles. The number of carbonyl (C=O) groups excluding carboxylic acids is 1. The van der Waals surface area contributed by atoms with Gasteiger partial charge in [-0.15, -0.1) is 0 Å². The minimum Gasteiger partial charge on any atom is -0.496 e. The van der Waals surface area contributed by atoms with Crippen molar-refractivity contribution in [3.8, 4) is 5.75 Å². The van der Waals surface area contributed by atoms with Crippen molar-refractivity contribution in [2.24, 2.45) is 0 Å². The van der Waals surface area contributed by atoms with Gasteiger partial charge < -0.3 is 10.1 Å². The van der Waals surface area contributed by atoms with E-state index in [1.165, 1.54) is 5.56 Å². The highest BCUT2D eigenvalue weighted by molar-refractivity contribution is 5.94. The van der Waals surface area contributed by atoms with Gasteiger partial charge in [0.25, 0.3) is 5.91 Å². The highest BCUT2D eigenvalue weighted by Crippen LogP contribution is 2.21. The second-order valence-corrected chi connectivity index (χ2v) is 5.53. The van der Waals surface area contributed by atoms with Gasteiger partial charge in [0.15, 0.2) is 0 Å². The zero-order valence-electron chi connectivity index (χ0n) is 13.6. The van der Waals surface area contributed by atoms with Crippen LogP contribution in [0.15, 0.2) is 42.5 Å². The molecule has 0 heterocycles. The number of rotatable bonds is 5. The van der Waals surface area contributed by atoms with Crippen molar-refractivity contribution in [1.29, 1.82) is 0 Å². The third-order valence-corrected chi connectivity index (χ3v) is 3.85. The second kappa shape index (κ2) is 7.12. The summed E-state index contributed by atoms with van der Waals surface area (Å²) in [6.45, 7) is 6.07. The van der Waals surface area contributed by atoms with Crippen LogP contribution < -0.4 is 10.1 Å². The van der Waals surface area contributed by atoms with Gasteiger partial charge in [-0.2, -0.15) is 0 Å². The number of carbonyl (C=O) groups is 1. The van der Waals surface area contributed by atoms with E-state index >= 15 is 0 Å². The Labute approximate surface area is 132 Å². The average molecular weight is 297 g/mol. The molecule has 0 saturated heterocycles. The van der Waals surface area contributed by atoms with Crippen molar-refractivity contribution in [2.75, 3.05) is 7.11 Å². The lowest BCUT2D eigenvalue weighted by atomic mass is 10.0. The zero-order chi connectivity index (χ0) is 16.1. The Morgan fingerprint density at radius 2 is 1.82 bits per heavy atom. The van der Waals surface area contributed by atoms with Crippen LogP contribution in [0.4, 0.5) is 0 Å². The Morgan fingerprint density at radius 3 is 2.36 bits per heavy atom. The SMILES string of the molecule is CCC(NC(=O)c1ccc(OC)c(C)c1)c1ccc(C)cc1. The molecule has 2 aromatic rings. The van der Waals surface area contributed by atoms with Crippen LogP contribution in [0.1, 0.15) is 46.4 Å². The molecule has 2 rings (SSSR count). The van der Waals surface area contributed by atoms with E-state index in [-0.39, 0.29) is 11.9 Å². The summed E-state index contributed by atoms with van der Waals surface area (Å²) >= 11 is 0. The number of benzene rings is 2. The average Bonchev–Trinajstić information content (AvgIpc) is 2.53. The van der Waals surface area contributed by atoms with Crippen LogP contribution in [-0.4, -0.2) is 13.0 Å². The number of methoxy groups -OCH3 is 1. The van der Waals surface area contributed by atoms with Gasteiger partial charge in [0.2, 0.25) is 0 Å². The number of aryl methyl sites for hydroxylation is 2. The van der Waals surface area contributed by atoms with Crippen molar-refractivity contribution in [3.05, 3.63) is 64.7 Å². The highest BCUT2D eigenvalue weighted by Gasteiger charge is 2.14. The Balaban J connectivity index is 2.15. The molecule has 2 aromatic carbocycles. The predicted octanol–water partition coefficient (Wildman–Crippen LogP) is 4.19. The summed E-state index contributed by atoms with van der Waals surface area (Å²) in [7, 11) is 1.63. The van der Waals surface area contributed by atoms with Crippen LogP contribution in [0.2, 0.25) is 0 Å². The van der Waals surface area contributed by atoms with E-state index in [4.69, 9.17) is 4.74 Å². The van der Waals surface area contributed by atoms with Crippen LogP contribution in [0, 0.1) is 13.8 Å². The molecule has 0 spiro atoms. The van der Waals surface area contributed by atoms with Gasteiger partial charge in [-0.25, -0.2) is 0 Å². The summed E-state index contributed by atoms with van der Waals surface area (Å²) in [4.78, 5) is 12.5. The third kappa shape index (κ3) is 3.67. The molecule has 22 heavy (non-hydrogen) atoms. The maximum atomic E-state index is 12.5. The predicted molar refractivity (Wildman–Crippen MR) is 89.4 cm³/mol. The van der Waals surface area contributed by atoms with Gasteiger partial charge in [-0.05, 0) is 49.6 Å². The highest BCUT2D eigenvalue weighted by atomic mass is 16.5. The lowest BCUT2D eigenvalue weighted by Crippen LogP contribution is -2.28. The van der Waals surface area contributed by atoms with Crippen LogP contribution in [0.3, 0.4) is 0 Å². The van der Waals surface area contributed by atoms with Crippen molar-refractivity contribution >= 4 is 5.91 Å². The van der Waals surface area contributed by atoms with Gasteiger partial charge >= 0.3 is 0 Å². The van der Waals surface area contributed by atoms with Gasteiger partial charge in [-0.3, -0.25) is 4.79 Å². The van der Waals surface area contributed by atoms with Crippen LogP contribution in [0.5, 0.6) is 5.75 Å². The fraction of sp³-hybridized carbons (Fsp3) is 0.316. The molecule has 0 aliphatic heterocycles. The number of hydrogen-bond donors (Lipinski definition) is 1. The summed E-state index contributed by atoms with van der Waals surface area (Å²) in [6.07, 6.45) is 0.851. The molecule has 3 heteroatoms. The lowest BCUT2D eigenvalue weighted by molar-refractivity contribution is 0.0935. The molecular weight excluding hydrogens is 274 g/mol. The van der Waals surface area contributed by atoms with E-state index < -0.39 is 0 Å². The maximum Gasteiger partial charge on any atom is 0.251 e. The molecule has 0 aromatic heterocycles. The Kier molecular flexibility index (Phi) is 5.21. The van der Waals surface area contributed by atoms with Crippen molar-refractivity contribution in [3.63, 3.8) is 0 Å². The zero-order valence-corrected chi connectivity index (χ0v) is 13.6. The Morgan fingerprint density at radius 1 is 1.14 bits per heavy atom. The Hall–Kier alpha value is -2.29. The number of amides is 1. The topological polar surface area (TPSA) is 38.3 Å². The quantitative estimate of drug-likeness (QED) is 0.898. The van der Waals surface area contributed by atoms with E-state index in [1.54, 1.807) is 13.2 Å². The van der Waals surface area contributed by atoms with Gasteiger partial charge in [0, 0.05) is 5.56 Å². The van der Waals surface area contributed by atoms with Crippen molar-refractivity contribution in [1.82, 2.24) is 5.32 Å². The standard InChI is InChI=1S/C19H23NO2/c1-5-17(15-8-6-13(2)7-9-15)20-19(21)16-10-11-18(22-4)14(3)12-16/h6-12,17H,5H2,1-4H3,(H,20,21). The molecule has 3 nitrogen and oxygen atoms in total. The maximum absolute atomic E-state index is 12.5. The van der Waals surface area contributed by atoms with Gasteiger partial charge in [0.05, 0.1) is 13.2 Å². The molecule has 0 fully saturated rings. The van der Waals surface area contributed by atoms with E-state index in [2.05, 4.69) is 43.4 Å². The largest absolute Gasteiger partial charge is 0.496 e. The summed E-state index contributed by atoms with van der Waals surface area (Å²) in [5.41, 5.74) is 3.96. The molecule has 1 unspecified atom stereocenters. The summed E-state index contributed by atoms with van der Waals surface area (Å²) in [5.74, 6) is 0.736. The minimum absolute atomic E-state index is 0.0236. The molecular formula is C19H23NO2. The van der Waals surface area contributed by atoms with Crippen LogP contribution in [0.25, 0.3) is 0 Å². The van der Waals surface area contributed by atoms with E-state index in [9.17, 15) is 4.79 Å². The van der Waals surface area contributed by atoms with E-state index in [1.807, 2.05) is 19.1 Å². The summed E-state index contributed by atoms with van der Waals surface area (Å²) in [5, 5.41) is 3.10. The molecule has 1 N–H and O–H groups in total. The smallest absolute Gasteiger partial charge is 0.251 e. The fourth-order valence-electron chi connectivity index (χ4n) is 2.48. The first-order chi connectivity index (χ1) is 10.5. The van der Waals surface area contributed by atoms with E-state index in [0.29, 0.717) is 5.56 Å². The molecule has 1 amide bonds. The summed E-state index contributed by atoms with van der Waals surface area (Å²) in [6, 6.07) is 13.8. The van der Waals surface area contributed by atoms with Crippen LogP contribution in [-0.2, 0) is 0 Å². The molecule has 0 bridgehead atoms. The molecule has 0 aliphatic rings. The van der Waals surface area contributed by atoms with Crippen LogP contribution >= 0.6 is 0 Å². The fourth-order valence-corrected chi connectivity index (χ4v) is 2.48. The van der Waals surface area contributed by atoms with E-state index in [0.717, 1.165) is 23.3 Å². The van der Waals surface area contributed by atoms with Crippen molar-refractivity contribution < 1.29 is 9.53 Å². The monoisotopic (exact) mass is 297 g/mol. The molecule has 0 saturated carbocycles. The third-order valence-electron chi connectivity index (χ3n) is 3.85. The normalized spacial score (nSPS) is 11.8. The Bertz CT molecular complexity index is 647.